The molecule has 44 valence electrons. The van der Waals surface area contributed by atoms with Crippen LogP contribution in [-0.2, 0) is 0 Å². The quantitative estimate of drug-likeness (QED) is 0.571. The molecule has 0 radical (unpaired) electrons. The molecule has 0 heterocycles. The van der Waals surface area contributed by atoms with E-state index in [-0.39, 0.29) is 0 Å². The van der Waals surface area contributed by atoms with Crippen LogP contribution in [0.25, 0.3) is 0 Å². The molecule has 0 unspecified atom stereocenters. The van der Waals surface area contributed by atoms with Crippen molar-refractivity contribution in [1.82, 2.24) is 0 Å². The number of rotatable bonds is 1. The summed E-state index contributed by atoms with van der Waals surface area (Å²) in [7, 11) is 0.846. The summed E-state index contributed by atoms with van der Waals surface area (Å²) in [6.07, 6.45) is 1.45. The fourth-order valence-electron chi connectivity index (χ4n) is 0.0945. The number of hydrogen-bond donors (Lipinski definition) is 0. The van der Waals surface area contributed by atoms with Gasteiger partial charge in [-0.15, -0.1) is 0 Å². The van der Waals surface area contributed by atoms with Gasteiger partial charge in [0.05, 0.1) is 0 Å². The van der Waals surface area contributed by atoms with Gasteiger partial charge in [0.15, 0.2) is 0 Å². The van der Waals surface area contributed by atoms with E-state index in [2.05, 4.69) is 0 Å². The van der Waals surface area contributed by atoms with Gasteiger partial charge in [0.2, 0.25) is 0 Å². The Bertz CT molecular complexity index is 51.4. The first kappa shape index (κ1) is 7.66. The van der Waals surface area contributed by atoms with Crippen molar-refractivity contribution >= 4 is 24.0 Å². The molecule has 0 aromatic carbocycles. The van der Waals surface area contributed by atoms with Gasteiger partial charge >= 0.3 is 48.5 Å². The molecule has 0 aliphatic rings. The van der Waals surface area contributed by atoms with E-state index in [1.54, 1.807) is 0 Å². The molecule has 0 N–H and O–H groups in total. The molecule has 0 spiro atoms. The van der Waals surface area contributed by atoms with Crippen molar-refractivity contribution in [3.63, 3.8) is 0 Å². The SMILES string of the molecule is CS[Se]C(F)(F)F. The molecule has 0 nitrogen and oxygen atoms in total. The molecule has 0 aromatic rings. The molecular formula is C2H3F3SSe. The van der Waals surface area contributed by atoms with Gasteiger partial charge in [0.25, 0.3) is 0 Å². The van der Waals surface area contributed by atoms with Crippen molar-refractivity contribution in [2.75, 3.05) is 6.26 Å². The van der Waals surface area contributed by atoms with Crippen LogP contribution in [0, 0.1) is 0 Å². The van der Waals surface area contributed by atoms with Crippen LogP contribution in [0.1, 0.15) is 0 Å². The van der Waals surface area contributed by atoms with E-state index in [9.17, 15) is 13.2 Å². The minimum absolute atomic E-state index is 0.846. The van der Waals surface area contributed by atoms with Crippen LogP contribution in [0.3, 0.4) is 0 Å². The molecule has 0 aromatic heterocycles. The van der Waals surface area contributed by atoms with Gasteiger partial charge in [-0.2, -0.15) is 0 Å². The van der Waals surface area contributed by atoms with Crippen LogP contribution in [0.2, 0.25) is 0 Å². The number of hydrogen-bond acceptors (Lipinski definition) is 1. The number of halogens is 3. The van der Waals surface area contributed by atoms with Gasteiger partial charge < -0.3 is 0 Å². The summed E-state index contributed by atoms with van der Waals surface area (Å²) >= 11 is -1.23. The molecule has 5 heteroatoms. The van der Waals surface area contributed by atoms with Crippen molar-refractivity contribution < 1.29 is 13.2 Å². The first-order valence-corrected chi connectivity index (χ1v) is 5.45. The normalized spacial score (nSPS) is 12.0. The van der Waals surface area contributed by atoms with E-state index in [4.69, 9.17) is 0 Å². The molecule has 0 amide bonds. The second-order valence-corrected chi connectivity index (χ2v) is 5.31. The fraction of sp³-hybridized carbons (Fsp3) is 1.00. The Morgan fingerprint density at radius 2 is 1.86 bits per heavy atom. The Balaban J connectivity index is 3.15. The Morgan fingerprint density at radius 1 is 1.43 bits per heavy atom. The summed E-state index contributed by atoms with van der Waals surface area (Å²) in [5, 5.41) is -3.92. The summed E-state index contributed by atoms with van der Waals surface area (Å²) < 4.78 is 33.2. The van der Waals surface area contributed by atoms with E-state index in [1.165, 1.54) is 6.26 Å². The van der Waals surface area contributed by atoms with Crippen LogP contribution < -0.4 is 0 Å². The maximum atomic E-state index is 11.1. The molecule has 0 saturated carbocycles. The third-order valence-electron chi connectivity index (χ3n) is 0.178. The van der Waals surface area contributed by atoms with Crippen molar-refractivity contribution in [1.29, 1.82) is 0 Å². The van der Waals surface area contributed by atoms with Crippen molar-refractivity contribution in [3.05, 3.63) is 0 Å². The summed E-state index contributed by atoms with van der Waals surface area (Å²) in [6, 6.07) is 0. The van der Waals surface area contributed by atoms with Crippen LogP contribution in [0.4, 0.5) is 13.2 Å². The second kappa shape index (κ2) is 2.84. The topological polar surface area (TPSA) is 0 Å². The van der Waals surface area contributed by atoms with E-state index < -0.39 is 18.9 Å². The molecule has 7 heavy (non-hydrogen) atoms. The molecule has 0 fully saturated rings. The average molecular weight is 195 g/mol. The zero-order chi connectivity index (χ0) is 5.91. The van der Waals surface area contributed by atoms with Gasteiger partial charge in [0.1, 0.15) is 0 Å². The Hall–Kier alpha value is 0.659. The second-order valence-electron chi connectivity index (χ2n) is 0.696. The molecular weight excluding hydrogens is 192 g/mol. The molecule has 0 saturated heterocycles. The van der Waals surface area contributed by atoms with Crippen LogP contribution >= 0.6 is 10.2 Å². The molecule has 0 rings (SSSR count). The minimum atomic E-state index is -3.92. The monoisotopic (exact) mass is 196 g/mol. The zero-order valence-electron chi connectivity index (χ0n) is 3.45. The Morgan fingerprint density at radius 3 is 1.86 bits per heavy atom. The predicted octanol–water partition coefficient (Wildman–Crippen LogP) is 1.49. The standard InChI is InChI=1S/C2H3F3SSe/c1-6-7-2(3,4)5/h1H3. The molecule has 0 aliphatic heterocycles. The van der Waals surface area contributed by atoms with E-state index >= 15 is 0 Å². The zero-order valence-corrected chi connectivity index (χ0v) is 5.98. The summed E-state index contributed by atoms with van der Waals surface area (Å²) in [6.45, 7) is 0. The third kappa shape index (κ3) is 6.66. The number of alkyl halides is 3. The van der Waals surface area contributed by atoms with Gasteiger partial charge in [-0.25, -0.2) is 0 Å². The van der Waals surface area contributed by atoms with Crippen molar-refractivity contribution in [3.8, 4) is 0 Å². The maximum absolute atomic E-state index is 11.1. The molecule has 0 atom stereocenters. The van der Waals surface area contributed by atoms with Gasteiger partial charge in [0, 0.05) is 0 Å². The van der Waals surface area contributed by atoms with E-state index in [0.29, 0.717) is 0 Å². The van der Waals surface area contributed by atoms with E-state index in [0.717, 1.165) is 10.2 Å². The van der Waals surface area contributed by atoms with Crippen molar-refractivity contribution in [2.24, 2.45) is 0 Å². The molecule has 0 bridgehead atoms. The third-order valence-corrected chi connectivity index (χ3v) is 2.77. The van der Waals surface area contributed by atoms with Gasteiger partial charge in [-0.1, -0.05) is 0 Å². The van der Waals surface area contributed by atoms with Gasteiger partial charge in [-0.05, 0) is 0 Å². The van der Waals surface area contributed by atoms with Crippen LogP contribution in [0.5, 0.6) is 0 Å². The molecule has 0 aliphatic carbocycles. The fourth-order valence-corrected chi connectivity index (χ4v) is 1.47. The Kier molecular flexibility index (Phi) is 3.11. The van der Waals surface area contributed by atoms with Gasteiger partial charge in [-0.3, -0.25) is 0 Å². The Labute approximate surface area is 49.1 Å². The van der Waals surface area contributed by atoms with E-state index in [1.807, 2.05) is 0 Å². The summed E-state index contributed by atoms with van der Waals surface area (Å²) in [5.41, 5.74) is 0. The first-order chi connectivity index (χ1) is 3.06. The summed E-state index contributed by atoms with van der Waals surface area (Å²) in [4.78, 5) is 0. The first-order valence-electron chi connectivity index (χ1n) is 1.35. The van der Waals surface area contributed by atoms with Crippen LogP contribution in [-0.4, -0.2) is 25.2 Å². The summed E-state index contributed by atoms with van der Waals surface area (Å²) in [5.74, 6) is 0. The average Bonchev–Trinajstić information content (AvgIpc) is 1.30. The predicted molar refractivity (Wildman–Crippen MR) is 25.3 cm³/mol. The van der Waals surface area contributed by atoms with Crippen molar-refractivity contribution in [2.45, 2.75) is 5.07 Å². The van der Waals surface area contributed by atoms with Crippen LogP contribution in [0.15, 0.2) is 0 Å².